The van der Waals surface area contributed by atoms with Crippen molar-refractivity contribution in [3.8, 4) is 0 Å². The normalized spacial score (nSPS) is 13.0. The second kappa shape index (κ2) is 7.20. The summed E-state index contributed by atoms with van der Waals surface area (Å²) in [5.74, 6) is 0. The van der Waals surface area contributed by atoms with Crippen LogP contribution in [0.3, 0.4) is 0 Å². The van der Waals surface area contributed by atoms with Crippen LogP contribution < -0.4 is 4.72 Å². The number of sulfonamides is 1. The van der Waals surface area contributed by atoms with Gasteiger partial charge in [0.15, 0.2) is 0 Å². The van der Waals surface area contributed by atoms with Gasteiger partial charge in [0.2, 0.25) is 10.0 Å². The minimum Gasteiger partial charge on any atom is -0.207 e. The number of hydrogen-bond acceptors (Lipinski definition) is 2. The molecule has 0 heterocycles. The second-order valence-corrected chi connectivity index (χ2v) is 7.78. The second-order valence-electron chi connectivity index (χ2n) is 5.16. The molecule has 11 heteroatoms. The molecule has 0 bridgehead atoms. The summed E-state index contributed by atoms with van der Waals surface area (Å²) in [7, 11) is -4.61. The zero-order valence-corrected chi connectivity index (χ0v) is 15.0. The van der Waals surface area contributed by atoms with Gasteiger partial charge < -0.3 is 0 Å². The quantitative estimate of drug-likeness (QED) is 0.653. The molecule has 0 aliphatic heterocycles. The van der Waals surface area contributed by atoms with E-state index in [-0.39, 0.29) is 24.7 Å². The lowest BCUT2D eigenvalue weighted by Crippen LogP contribution is -2.24. The first kappa shape index (κ1) is 20.7. The molecule has 2 rings (SSSR count). The molecule has 0 aliphatic carbocycles. The van der Waals surface area contributed by atoms with Gasteiger partial charge in [-0.3, -0.25) is 0 Å². The maximum Gasteiger partial charge on any atom is 0.416 e. The summed E-state index contributed by atoms with van der Waals surface area (Å²) >= 11 is 3.16. The van der Waals surface area contributed by atoms with E-state index >= 15 is 0 Å². The van der Waals surface area contributed by atoms with Gasteiger partial charge in [0.1, 0.15) is 0 Å². The zero-order valence-electron chi connectivity index (χ0n) is 12.6. The molecule has 1 N–H and O–H groups in total. The molecule has 0 saturated carbocycles. The molecule has 0 aromatic heterocycles. The van der Waals surface area contributed by atoms with Crippen LogP contribution in [0.1, 0.15) is 16.7 Å². The summed E-state index contributed by atoms with van der Waals surface area (Å²) < 4.78 is 104. The largest absolute Gasteiger partial charge is 0.416 e. The van der Waals surface area contributed by atoms with Gasteiger partial charge in [-0.25, -0.2) is 13.1 Å². The Labute approximate surface area is 153 Å². The van der Waals surface area contributed by atoms with Gasteiger partial charge >= 0.3 is 12.4 Å². The Hall–Kier alpha value is -1.59. The number of rotatable bonds is 4. The summed E-state index contributed by atoms with van der Waals surface area (Å²) in [6.07, 6.45) is -10.3. The summed E-state index contributed by atoms with van der Waals surface area (Å²) in [6, 6.07) is 6.60. The number of alkyl halides is 6. The van der Waals surface area contributed by atoms with Gasteiger partial charge in [-0.2, -0.15) is 26.3 Å². The molecule has 0 amide bonds. The van der Waals surface area contributed by atoms with Crippen molar-refractivity contribution in [1.29, 1.82) is 0 Å². The van der Waals surface area contributed by atoms with Crippen molar-refractivity contribution >= 4 is 26.0 Å². The predicted octanol–water partition coefficient (Wildman–Crippen LogP) is 4.97. The van der Waals surface area contributed by atoms with Gasteiger partial charge in [0, 0.05) is 11.0 Å². The maximum absolute atomic E-state index is 12.8. The Balaban J connectivity index is 2.43. The van der Waals surface area contributed by atoms with Crippen LogP contribution >= 0.6 is 15.9 Å². The molecule has 26 heavy (non-hydrogen) atoms. The first-order valence-corrected chi connectivity index (χ1v) is 9.11. The average molecular weight is 462 g/mol. The van der Waals surface area contributed by atoms with E-state index in [0.717, 1.165) is 0 Å². The molecule has 0 aliphatic rings. The van der Waals surface area contributed by atoms with Crippen molar-refractivity contribution < 1.29 is 34.8 Å². The topological polar surface area (TPSA) is 46.2 Å². The Morgan fingerprint density at radius 1 is 0.885 bits per heavy atom. The highest BCUT2D eigenvalue weighted by atomic mass is 79.9. The SMILES string of the molecule is O=S(=O)(NCc1ccccc1Br)c1cc(C(F)(F)F)cc(C(F)(F)F)c1. The maximum atomic E-state index is 12.8. The van der Waals surface area contributed by atoms with Crippen LogP contribution in [-0.2, 0) is 28.9 Å². The van der Waals surface area contributed by atoms with Crippen LogP contribution in [0.5, 0.6) is 0 Å². The van der Waals surface area contributed by atoms with E-state index < -0.39 is 38.4 Å². The van der Waals surface area contributed by atoms with Gasteiger partial charge in [-0.05, 0) is 29.8 Å². The predicted molar refractivity (Wildman–Crippen MR) is 84.6 cm³/mol. The van der Waals surface area contributed by atoms with Crippen LogP contribution in [0, 0.1) is 0 Å². The summed E-state index contributed by atoms with van der Waals surface area (Å²) in [6.45, 7) is -0.318. The molecule has 0 unspecified atom stereocenters. The van der Waals surface area contributed by atoms with E-state index in [1.54, 1.807) is 24.3 Å². The minimum atomic E-state index is -5.13. The number of hydrogen-bond donors (Lipinski definition) is 1. The Morgan fingerprint density at radius 3 is 1.85 bits per heavy atom. The molecule has 0 radical (unpaired) electrons. The molecule has 0 fully saturated rings. The standard InChI is InChI=1S/C15H10BrF6NO2S/c16-13-4-2-1-3-9(13)8-23-26(24,25)12-6-10(14(17,18)19)5-11(7-12)15(20,21)22/h1-7,23H,8H2. The fraction of sp³-hybridized carbons (Fsp3) is 0.200. The summed E-state index contributed by atoms with van der Waals surface area (Å²) in [4.78, 5) is -1.12. The highest BCUT2D eigenvalue weighted by Crippen LogP contribution is 2.37. The highest BCUT2D eigenvalue weighted by Gasteiger charge is 2.38. The van der Waals surface area contributed by atoms with E-state index in [9.17, 15) is 34.8 Å². The van der Waals surface area contributed by atoms with E-state index in [4.69, 9.17) is 0 Å². The third kappa shape index (κ3) is 4.98. The molecular weight excluding hydrogens is 452 g/mol. The molecule has 2 aromatic carbocycles. The van der Waals surface area contributed by atoms with Gasteiger partial charge in [0.25, 0.3) is 0 Å². The van der Waals surface area contributed by atoms with Crippen LogP contribution in [0.2, 0.25) is 0 Å². The average Bonchev–Trinajstić information content (AvgIpc) is 2.52. The fourth-order valence-corrected chi connectivity index (χ4v) is 3.48. The first-order chi connectivity index (χ1) is 11.8. The Kier molecular flexibility index (Phi) is 5.74. The van der Waals surface area contributed by atoms with Crippen LogP contribution in [0.4, 0.5) is 26.3 Å². The monoisotopic (exact) mass is 461 g/mol. The molecule has 3 nitrogen and oxygen atoms in total. The van der Waals surface area contributed by atoms with Crippen molar-refractivity contribution in [2.75, 3.05) is 0 Å². The Bertz CT molecular complexity index is 877. The lowest BCUT2D eigenvalue weighted by Gasteiger charge is -2.15. The van der Waals surface area contributed by atoms with E-state index in [0.29, 0.717) is 10.0 Å². The van der Waals surface area contributed by atoms with Gasteiger partial charge in [-0.15, -0.1) is 0 Å². The Morgan fingerprint density at radius 2 is 1.38 bits per heavy atom. The van der Waals surface area contributed by atoms with Crippen LogP contribution in [0.15, 0.2) is 51.8 Å². The van der Waals surface area contributed by atoms with Crippen molar-refractivity contribution in [2.24, 2.45) is 0 Å². The van der Waals surface area contributed by atoms with Crippen molar-refractivity contribution in [1.82, 2.24) is 4.72 Å². The molecular formula is C15H10BrF6NO2S. The van der Waals surface area contributed by atoms with E-state index in [1.165, 1.54) is 0 Å². The van der Waals surface area contributed by atoms with Crippen molar-refractivity contribution in [2.45, 2.75) is 23.8 Å². The molecule has 0 saturated heterocycles. The number of nitrogens with one attached hydrogen (secondary N) is 1. The molecule has 142 valence electrons. The third-order valence-corrected chi connectivity index (χ3v) is 5.44. The lowest BCUT2D eigenvalue weighted by atomic mass is 10.1. The van der Waals surface area contributed by atoms with Gasteiger partial charge in [-0.1, -0.05) is 34.1 Å². The lowest BCUT2D eigenvalue weighted by molar-refractivity contribution is -0.143. The van der Waals surface area contributed by atoms with Gasteiger partial charge in [0.05, 0.1) is 16.0 Å². The summed E-state index contributed by atoms with van der Waals surface area (Å²) in [5, 5.41) is 0. The fourth-order valence-electron chi connectivity index (χ4n) is 1.98. The highest BCUT2D eigenvalue weighted by molar-refractivity contribution is 9.10. The number of halogens is 7. The van der Waals surface area contributed by atoms with Crippen LogP contribution in [-0.4, -0.2) is 8.42 Å². The van der Waals surface area contributed by atoms with Crippen molar-refractivity contribution in [3.63, 3.8) is 0 Å². The zero-order chi connectivity index (χ0) is 19.8. The van der Waals surface area contributed by atoms with E-state index in [2.05, 4.69) is 15.9 Å². The smallest absolute Gasteiger partial charge is 0.207 e. The third-order valence-electron chi connectivity index (χ3n) is 3.28. The van der Waals surface area contributed by atoms with Crippen molar-refractivity contribution in [3.05, 3.63) is 63.6 Å². The van der Waals surface area contributed by atoms with E-state index in [1.807, 2.05) is 4.72 Å². The summed E-state index contributed by atoms with van der Waals surface area (Å²) in [5.41, 5.74) is -2.94. The van der Waals surface area contributed by atoms with Crippen LogP contribution in [0.25, 0.3) is 0 Å². The minimum absolute atomic E-state index is 0.132. The molecule has 0 atom stereocenters. The first-order valence-electron chi connectivity index (χ1n) is 6.83. The molecule has 2 aromatic rings. The molecule has 0 spiro atoms. The number of benzene rings is 2.